The van der Waals surface area contributed by atoms with Gasteiger partial charge in [-0.2, -0.15) is 0 Å². The minimum Gasteiger partial charge on any atom is -0.270 e. The summed E-state index contributed by atoms with van der Waals surface area (Å²) < 4.78 is 27.2. The quantitative estimate of drug-likeness (QED) is 0.849. The lowest BCUT2D eigenvalue weighted by Crippen LogP contribution is -2.39. The molecule has 0 aromatic heterocycles. The van der Waals surface area contributed by atoms with Gasteiger partial charge in [0.25, 0.3) is 0 Å². The highest BCUT2D eigenvalue weighted by molar-refractivity contribution is 7.93. The molecule has 3 rings (SSSR count). The molecule has 1 atom stereocenters. The van der Waals surface area contributed by atoms with E-state index >= 15 is 0 Å². The normalized spacial score (nSPS) is 21.6. The van der Waals surface area contributed by atoms with Gasteiger partial charge in [0.2, 0.25) is 10.0 Å². The molecule has 1 unspecified atom stereocenters. The van der Waals surface area contributed by atoms with Crippen molar-refractivity contribution in [1.82, 2.24) is 0 Å². The van der Waals surface area contributed by atoms with E-state index in [4.69, 9.17) is 0 Å². The van der Waals surface area contributed by atoms with Crippen molar-refractivity contribution < 1.29 is 8.42 Å². The summed E-state index contributed by atoms with van der Waals surface area (Å²) in [5.41, 5.74) is 1.64. The summed E-state index contributed by atoms with van der Waals surface area (Å²) in [6.07, 6.45) is 1.57. The molecule has 0 saturated carbocycles. The van der Waals surface area contributed by atoms with E-state index in [1.165, 1.54) is 0 Å². The monoisotopic (exact) mass is 287 g/mol. The highest BCUT2D eigenvalue weighted by Gasteiger charge is 2.36. The minimum atomic E-state index is -3.34. The Labute approximate surface area is 119 Å². The molecule has 20 heavy (non-hydrogen) atoms. The lowest BCUT2D eigenvalue weighted by molar-refractivity contribution is 0.547. The van der Waals surface area contributed by atoms with Crippen LogP contribution in [0.1, 0.15) is 23.7 Å². The van der Waals surface area contributed by atoms with Gasteiger partial charge >= 0.3 is 0 Å². The molecular formula is C16H17NO2S. The van der Waals surface area contributed by atoms with E-state index in [1.54, 1.807) is 4.31 Å². The highest BCUT2D eigenvalue weighted by atomic mass is 32.2. The number of benzene rings is 2. The largest absolute Gasteiger partial charge is 0.270 e. The fraction of sp³-hybridized carbons (Fsp3) is 0.250. The number of nitrogens with zero attached hydrogens (tertiary/aromatic N) is 1. The zero-order valence-corrected chi connectivity index (χ0v) is 12.0. The lowest BCUT2D eigenvalue weighted by atomic mass is 10.1. The number of hydrogen-bond donors (Lipinski definition) is 0. The van der Waals surface area contributed by atoms with Crippen molar-refractivity contribution in [2.24, 2.45) is 0 Å². The molecule has 0 radical (unpaired) electrons. The zero-order valence-electron chi connectivity index (χ0n) is 11.1. The predicted octanol–water partition coefficient (Wildman–Crippen LogP) is 3.36. The van der Waals surface area contributed by atoms with Gasteiger partial charge in [0.05, 0.1) is 5.69 Å². The minimum absolute atomic E-state index is 0.433. The van der Waals surface area contributed by atoms with E-state index in [9.17, 15) is 8.42 Å². The molecule has 1 saturated heterocycles. The van der Waals surface area contributed by atoms with Gasteiger partial charge in [-0.15, -0.1) is 0 Å². The van der Waals surface area contributed by atoms with Gasteiger partial charge in [0.15, 0.2) is 0 Å². The van der Waals surface area contributed by atoms with Crippen molar-refractivity contribution in [1.29, 1.82) is 0 Å². The van der Waals surface area contributed by atoms with Crippen molar-refractivity contribution in [2.45, 2.75) is 18.1 Å². The average Bonchev–Trinajstić information content (AvgIpc) is 2.48. The maximum atomic E-state index is 12.8. The van der Waals surface area contributed by atoms with Crippen LogP contribution in [-0.4, -0.2) is 15.0 Å². The summed E-state index contributed by atoms with van der Waals surface area (Å²) in [5.74, 6) is 0. The Kier molecular flexibility index (Phi) is 3.49. The van der Waals surface area contributed by atoms with Gasteiger partial charge in [-0.05, 0) is 30.5 Å². The Hall–Kier alpha value is -1.81. The molecule has 0 N–H and O–H groups in total. The van der Waals surface area contributed by atoms with Crippen LogP contribution >= 0.6 is 0 Å². The molecule has 3 nitrogen and oxygen atoms in total. The summed E-state index contributed by atoms with van der Waals surface area (Å²) in [6, 6.07) is 18.8. The average molecular weight is 287 g/mol. The molecule has 0 amide bonds. The number of sulfonamides is 1. The van der Waals surface area contributed by atoms with Gasteiger partial charge in [-0.25, -0.2) is 8.42 Å². The summed E-state index contributed by atoms with van der Waals surface area (Å²) in [4.78, 5) is 0. The first-order chi connectivity index (χ1) is 9.69. The second kappa shape index (κ2) is 5.29. The Morgan fingerprint density at radius 2 is 1.50 bits per heavy atom. The Morgan fingerprint density at radius 1 is 0.900 bits per heavy atom. The Morgan fingerprint density at radius 3 is 2.15 bits per heavy atom. The van der Waals surface area contributed by atoms with Crippen molar-refractivity contribution in [3.63, 3.8) is 0 Å². The highest BCUT2D eigenvalue weighted by Crippen LogP contribution is 2.36. The van der Waals surface area contributed by atoms with Crippen LogP contribution in [-0.2, 0) is 10.0 Å². The SMILES string of the molecule is O=S1(=O)C(c2ccccc2)CCCN1c1ccccc1. The third-order valence-electron chi connectivity index (χ3n) is 3.71. The molecule has 1 fully saturated rings. The van der Waals surface area contributed by atoms with Crippen LogP contribution in [0.15, 0.2) is 60.7 Å². The van der Waals surface area contributed by atoms with Crippen LogP contribution in [0.4, 0.5) is 5.69 Å². The number of hydrogen-bond acceptors (Lipinski definition) is 2. The van der Waals surface area contributed by atoms with Crippen molar-refractivity contribution >= 4 is 15.7 Å². The van der Waals surface area contributed by atoms with E-state index in [0.717, 1.165) is 17.7 Å². The molecular weight excluding hydrogens is 270 g/mol. The summed E-state index contributed by atoms with van der Waals surface area (Å²) in [6.45, 7) is 0.565. The van der Waals surface area contributed by atoms with Gasteiger partial charge in [0, 0.05) is 6.54 Å². The third-order valence-corrected chi connectivity index (χ3v) is 5.94. The topological polar surface area (TPSA) is 37.4 Å². The lowest BCUT2D eigenvalue weighted by Gasteiger charge is -2.34. The first-order valence-corrected chi connectivity index (χ1v) is 8.31. The van der Waals surface area contributed by atoms with Crippen LogP contribution in [0, 0.1) is 0 Å². The number of anilines is 1. The van der Waals surface area contributed by atoms with Crippen LogP contribution in [0.25, 0.3) is 0 Å². The molecule has 0 aliphatic carbocycles. The molecule has 4 heteroatoms. The van der Waals surface area contributed by atoms with Crippen LogP contribution in [0.3, 0.4) is 0 Å². The van der Waals surface area contributed by atoms with E-state index in [0.29, 0.717) is 13.0 Å². The number of para-hydroxylation sites is 1. The summed E-state index contributed by atoms with van der Waals surface area (Å²) >= 11 is 0. The third kappa shape index (κ3) is 2.31. The molecule has 1 heterocycles. The van der Waals surface area contributed by atoms with E-state index in [1.807, 2.05) is 60.7 Å². The maximum absolute atomic E-state index is 12.8. The second-order valence-corrected chi connectivity index (χ2v) is 7.03. The van der Waals surface area contributed by atoms with Gasteiger partial charge < -0.3 is 0 Å². The van der Waals surface area contributed by atoms with Gasteiger partial charge in [0.1, 0.15) is 5.25 Å². The van der Waals surface area contributed by atoms with Crippen LogP contribution in [0.5, 0.6) is 0 Å². The van der Waals surface area contributed by atoms with Gasteiger partial charge in [-0.3, -0.25) is 4.31 Å². The Bertz CT molecular complexity index is 615. The van der Waals surface area contributed by atoms with E-state index in [-0.39, 0.29) is 0 Å². The van der Waals surface area contributed by atoms with Crippen molar-refractivity contribution in [3.05, 3.63) is 66.2 Å². The molecule has 104 valence electrons. The smallest absolute Gasteiger partial charge is 0.242 e. The summed E-state index contributed by atoms with van der Waals surface area (Å²) in [5, 5.41) is -0.433. The molecule has 0 bridgehead atoms. The molecule has 2 aromatic rings. The molecule has 2 aromatic carbocycles. The van der Waals surface area contributed by atoms with Crippen LogP contribution in [0.2, 0.25) is 0 Å². The fourth-order valence-electron chi connectivity index (χ4n) is 2.73. The standard InChI is InChI=1S/C16H17NO2S/c18-20(19)16(14-8-3-1-4-9-14)12-7-13-17(20)15-10-5-2-6-11-15/h1-6,8-11,16H,7,12-13H2. The predicted molar refractivity (Wildman–Crippen MR) is 81.1 cm³/mol. The molecule has 1 aliphatic rings. The van der Waals surface area contributed by atoms with Gasteiger partial charge in [-0.1, -0.05) is 48.5 Å². The van der Waals surface area contributed by atoms with E-state index in [2.05, 4.69) is 0 Å². The molecule has 0 spiro atoms. The van der Waals surface area contributed by atoms with Crippen molar-refractivity contribution in [3.8, 4) is 0 Å². The first-order valence-electron chi connectivity index (χ1n) is 6.81. The fourth-order valence-corrected chi connectivity index (χ4v) is 4.80. The van der Waals surface area contributed by atoms with Crippen molar-refractivity contribution in [2.75, 3.05) is 10.8 Å². The number of rotatable bonds is 2. The maximum Gasteiger partial charge on any atom is 0.242 e. The van der Waals surface area contributed by atoms with E-state index < -0.39 is 15.3 Å². The second-order valence-electron chi connectivity index (χ2n) is 4.99. The summed E-state index contributed by atoms with van der Waals surface area (Å²) in [7, 11) is -3.34. The Balaban J connectivity index is 2.00. The first kappa shape index (κ1) is 13.2. The van der Waals surface area contributed by atoms with Crippen LogP contribution < -0.4 is 4.31 Å². The zero-order chi connectivity index (χ0) is 14.0. The molecule has 1 aliphatic heterocycles.